The molecule has 0 aliphatic rings. The molecule has 0 amide bonds. The van der Waals surface area contributed by atoms with Gasteiger partial charge in [0, 0.05) is 11.6 Å². The molecule has 1 atom stereocenters. The van der Waals surface area contributed by atoms with E-state index in [9.17, 15) is 8.78 Å². The van der Waals surface area contributed by atoms with E-state index in [1.807, 2.05) is 0 Å². The van der Waals surface area contributed by atoms with Crippen molar-refractivity contribution in [1.29, 1.82) is 0 Å². The predicted octanol–water partition coefficient (Wildman–Crippen LogP) is 1.70. The normalized spacial score (nSPS) is 13.3. The zero-order valence-electron chi connectivity index (χ0n) is 7.71. The number of aliphatic hydroxyl groups excluding tert-OH is 1. The molecule has 0 fully saturated rings. The maximum atomic E-state index is 13.7. The number of furan rings is 1. The summed E-state index contributed by atoms with van der Waals surface area (Å²) in [5, 5.41) is 8.94. The van der Waals surface area contributed by atoms with E-state index in [-0.39, 0.29) is 16.5 Å². The van der Waals surface area contributed by atoms with Crippen molar-refractivity contribution < 1.29 is 18.3 Å². The van der Waals surface area contributed by atoms with Gasteiger partial charge in [-0.3, -0.25) is 0 Å². The Kier molecular flexibility index (Phi) is 2.42. The fraction of sp³-hybridized carbons (Fsp3) is 0.200. The van der Waals surface area contributed by atoms with Crippen LogP contribution in [-0.2, 0) is 0 Å². The van der Waals surface area contributed by atoms with Crippen molar-refractivity contribution in [2.75, 3.05) is 6.61 Å². The quantitative estimate of drug-likeness (QED) is 0.798. The monoisotopic (exact) mass is 213 g/mol. The molecule has 0 aliphatic heterocycles. The lowest BCUT2D eigenvalue weighted by atomic mass is 10.0. The Hall–Kier alpha value is -1.46. The Morgan fingerprint density at radius 3 is 2.87 bits per heavy atom. The van der Waals surface area contributed by atoms with Crippen molar-refractivity contribution in [1.82, 2.24) is 0 Å². The average molecular weight is 213 g/mol. The third-order valence-electron chi connectivity index (χ3n) is 2.25. The molecule has 0 bridgehead atoms. The number of benzene rings is 1. The van der Waals surface area contributed by atoms with Gasteiger partial charge in [0.1, 0.15) is 17.2 Å². The molecule has 1 aromatic carbocycles. The molecule has 1 aromatic heterocycles. The van der Waals surface area contributed by atoms with Crippen LogP contribution in [0.3, 0.4) is 0 Å². The topological polar surface area (TPSA) is 59.4 Å². The summed E-state index contributed by atoms with van der Waals surface area (Å²) in [6, 6.07) is 1.38. The molecular formula is C10H9F2NO2. The van der Waals surface area contributed by atoms with E-state index in [2.05, 4.69) is 0 Å². The Morgan fingerprint density at radius 1 is 1.47 bits per heavy atom. The summed E-state index contributed by atoms with van der Waals surface area (Å²) in [6.07, 6.45) is 1.27. The summed E-state index contributed by atoms with van der Waals surface area (Å²) in [4.78, 5) is 0. The first kappa shape index (κ1) is 10.1. The van der Waals surface area contributed by atoms with Crippen LogP contribution in [0.15, 0.2) is 22.8 Å². The van der Waals surface area contributed by atoms with E-state index in [0.717, 1.165) is 6.07 Å². The molecule has 3 nitrogen and oxygen atoms in total. The molecule has 5 heteroatoms. The molecule has 2 rings (SSSR count). The third kappa shape index (κ3) is 1.49. The summed E-state index contributed by atoms with van der Waals surface area (Å²) in [5.74, 6) is -1.59. The van der Waals surface area contributed by atoms with Gasteiger partial charge >= 0.3 is 0 Å². The Balaban J connectivity index is 2.72. The summed E-state index contributed by atoms with van der Waals surface area (Å²) in [5.41, 5.74) is 5.21. The number of nitrogens with two attached hydrogens (primary N) is 1. The molecular weight excluding hydrogens is 204 g/mol. The van der Waals surface area contributed by atoms with Crippen LogP contribution in [0, 0.1) is 11.6 Å². The van der Waals surface area contributed by atoms with Crippen LogP contribution in [0.25, 0.3) is 11.0 Å². The molecule has 0 radical (unpaired) electrons. The summed E-state index contributed by atoms with van der Waals surface area (Å²) in [7, 11) is 0. The standard InChI is InChI=1S/C10H9F2NO2/c11-6-3-8-5(1-2-15-8)10(12)9(6)7(13)4-14/h1-3,7,14H,4,13H2. The van der Waals surface area contributed by atoms with Crippen molar-refractivity contribution in [3.8, 4) is 0 Å². The SMILES string of the molecule is NC(CO)c1c(F)cc2occc2c1F. The van der Waals surface area contributed by atoms with Gasteiger partial charge in [0.05, 0.1) is 24.3 Å². The molecule has 0 spiro atoms. The second kappa shape index (κ2) is 3.60. The molecule has 0 saturated carbocycles. The lowest BCUT2D eigenvalue weighted by Crippen LogP contribution is -2.18. The summed E-state index contributed by atoms with van der Waals surface area (Å²) in [6.45, 7) is -0.517. The minimum atomic E-state index is -1.07. The van der Waals surface area contributed by atoms with Crippen LogP contribution in [0.5, 0.6) is 0 Å². The average Bonchev–Trinajstić information content (AvgIpc) is 2.65. The molecule has 2 aromatic rings. The van der Waals surface area contributed by atoms with Crippen LogP contribution in [0.4, 0.5) is 8.78 Å². The van der Waals surface area contributed by atoms with E-state index in [1.165, 1.54) is 12.3 Å². The third-order valence-corrected chi connectivity index (χ3v) is 2.25. The van der Waals surface area contributed by atoms with Crippen LogP contribution < -0.4 is 5.73 Å². The lowest BCUT2D eigenvalue weighted by Gasteiger charge is -2.11. The molecule has 1 heterocycles. The highest BCUT2D eigenvalue weighted by molar-refractivity contribution is 5.79. The fourth-order valence-electron chi connectivity index (χ4n) is 1.49. The Morgan fingerprint density at radius 2 is 2.20 bits per heavy atom. The highest BCUT2D eigenvalue weighted by Gasteiger charge is 2.20. The maximum Gasteiger partial charge on any atom is 0.142 e. The Bertz CT molecular complexity index is 495. The lowest BCUT2D eigenvalue weighted by molar-refractivity contribution is 0.262. The number of fused-ring (bicyclic) bond motifs is 1. The predicted molar refractivity (Wildman–Crippen MR) is 50.1 cm³/mol. The zero-order chi connectivity index (χ0) is 11.0. The highest BCUT2D eigenvalue weighted by Crippen LogP contribution is 2.27. The van der Waals surface area contributed by atoms with Crippen molar-refractivity contribution >= 4 is 11.0 Å². The second-order valence-corrected chi connectivity index (χ2v) is 3.21. The molecule has 1 unspecified atom stereocenters. The maximum absolute atomic E-state index is 13.7. The highest BCUT2D eigenvalue weighted by atomic mass is 19.1. The number of hydrogen-bond donors (Lipinski definition) is 2. The van der Waals surface area contributed by atoms with Crippen LogP contribution >= 0.6 is 0 Å². The van der Waals surface area contributed by atoms with Gasteiger partial charge in [0.2, 0.25) is 0 Å². The van der Waals surface area contributed by atoms with Gasteiger partial charge in [-0.2, -0.15) is 0 Å². The molecule has 15 heavy (non-hydrogen) atoms. The number of halogens is 2. The summed E-state index contributed by atoms with van der Waals surface area (Å²) >= 11 is 0. The van der Waals surface area contributed by atoms with Crippen molar-refractivity contribution in [3.05, 3.63) is 35.6 Å². The second-order valence-electron chi connectivity index (χ2n) is 3.21. The van der Waals surface area contributed by atoms with Crippen molar-refractivity contribution in [2.45, 2.75) is 6.04 Å². The first-order chi connectivity index (χ1) is 7.15. The van der Waals surface area contributed by atoms with Crippen LogP contribution in [-0.4, -0.2) is 11.7 Å². The van der Waals surface area contributed by atoms with Crippen molar-refractivity contribution in [2.24, 2.45) is 5.73 Å². The molecule has 0 saturated heterocycles. The number of rotatable bonds is 2. The smallest absolute Gasteiger partial charge is 0.142 e. The van der Waals surface area contributed by atoms with E-state index < -0.39 is 24.3 Å². The van der Waals surface area contributed by atoms with Crippen molar-refractivity contribution in [3.63, 3.8) is 0 Å². The molecule has 0 aliphatic carbocycles. The summed E-state index contributed by atoms with van der Waals surface area (Å²) < 4.78 is 32.0. The van der Waals surface area contributed by atoms with Gasteiger partial charge < -0.3 is 15.3 Å². The first-order valence-corrected chi connectivity index (χ1v) is 4.36. The van der Waals surface area contributed by atoms with E-state index in [0.29, 0.717) is 0 Å². The van der Waals surface area contributed by atoms with Gasteiger partial charge in [-0.25, -0.2) is 8.78 Å². The van der Waals surface area contributed by atoms with Crippen LogP contribution in [0.1, 0.15) is 11.6 Å². The number of aliphatic hydroxyl groups is 1. The van der Waals surface area contributed by atoms with E-state index >= 15 is 0 Å². The fourth-order valence-corrected chi connectivity index (χ4v) is 1.49. The van der Waals surface area contributed by atoms with Crippen LogP contribution in [0.2, 0.25) is 0 Å². The molecule has 3 N–H and O–H groups in total. The Labute approximate surface area is 84.1 Å². The zero-order valence-corrected chi connectivity index (χ0v) is 7.71. The minimum Gasteiger partial charge on any atom is -0.464 e. The number of hydrogen-bond acceptors (Lipinski definition) is 3. The van der Waals surface area contributed by atoms with Gasteiger partial charge in [-0.1, -0.05) is 0 Å². The van der Waals surface area contributed by atoms with Gasteiger partial charge in [-0.05, 0) is 6.07 Å². The minimum absolute atomic E-state index is 0.124. The first-order valence-electron chi connectivity index (χ1n) is 4.36. The largest absolute Gasteiger partial charge is 0.464 e. The van der Waals surface area contributed by atoms with Gasteiger partial charge in [0.15, 0.2) is 0 Å². The van der Waals surface area contributed by atoms with Gasteiger partial charge in [0.25, 0.3) is 0 Å². The van der Waals surface area contributed by atoms with Gasteiger partial charge in [-0.15, -0.1) is 0 Å². The van der Waals surface area contributed by atoms with E-state index in [1.54, 1.807) is 0 Å². The van der Waals surface area contributed by atoms with E-state index in [4.69, 9.17) is 15.3 Å². The molecule has 80 valence electrons.